The third-order valence-electron chi connectivity index (χ3n) is 2.07. The van der Waals surface area contributed by atoms with Gasteiger partial charge in [0.25, 0.3) is 10.1 Å². The molecule has 0 aromatic heterocycles. The molecule has 0 atom stereocenters. The molecule has 1 aliphatic heterocycles. The molecule has 1 saturated heterocycles. The Labute approximate surface area is 105 Å². The molecule has 1 fully saturated rings. The molecular formula is C10H15NO6S. The van der Waals surface area contributed by atoms with Crippen LogP contribution in [0.1, 0.15) is 0 Å². The average Bonchev–Trinajstić information content (AvgIpc) is 2.34. The second-order valence-corrected chi connectivity index (χ2v) is 4.88. The largest absolute Gasteiger partial charge is 0.508 e. The van der Waals surface area contributed by atoms with Gasteiger partial charge in [-0.3, -0.25) is 4.55 Å². The number of hydrogen-bond donors (Lipinski definition) is 4. The number of phenols is 2. The van der Waals surface area contributed by atoms with Crippen molar-refractivity contribution in [3.8, 4) is 11.5 Å². The highest BCUT2D eigenvalue weighted by Crippen LogP contribution is 2.25. The Balaban J connectivity index is 0.000000225. The topological polar surface area (TPSA) is 116 Å². The van der Waals surface area contributed by atoms with Gasteiger partial charge in [0.05, 0.1) is 13.2 Å². The van der Waals surface area contributed by atoms with E-state index in [2.05, 4.69) is 5.32 Å². The smallest absolute Gasteiger partial charge is 0.298 e. The van der Waals surface area contributed by atoms with Gasteiger partial charge in [-0.15, -0.1) is 0 Å². The summed E-state index contributed by atoms with van der Waals surface area (Å²) < 4.78 is 34.5. The normalized spacial score (nSPS) is 15.6. The first-order valence-electron chi connectivity index (χ1n) is 5.19. The van der Waals surface area contributed by atoms with E-state index < -0.39 is 20.8 Å². The molecule has 0 amide bonds. The third-order valence-corrected chi connectivity index (χ3v) is 2.95. The number of hydrogen-bond acceptors (Lipinski definition) is 6. The Morgan fingerprint density at radius 2 is 1.78 bits per heavy atom. The van der Waals surface area contributed by atoms with Gasteiger partial charge >= 0.3 is 0 Å². The molecule has 0 aliphatic carbocycles. The molecule has 0 radical (unpaired) electrons. The predicted molar refractivity (Wildman–Crippen MR) is 63.3 cm³/mol. The van der Waals surface area contributed by atoms with E-state index in [0.717, 1.165) is 44.5 Å². The summed E-state index contributed by atoms with van der Waals surface area (Å²) in [5, 5.41) is 20.9. The van der Waals surface area contributed by atoms with Gasteiger partial charge in [0.2, 0.25) is 0 Å². The second kappa shape index (κ2) is 6.55. The highest BCUT2D eigenvalue weighted by molar-refractivity contribution is 7.86. The summed E-state index contributed by atoms with van der Waals surface area (Å²) in [5.41, 5.74) is 0. The molecule has 102 valence electrons. The molecule has 0 unspecified atom stereocenters. The van der Waals surface area contributed by atoms with E-state index in [1.54, 1.807) is 0 Å². The highest BCUT2D eigenvalue weighted by Gasteiger charge is 2.15. The minimum absolute atomic E-state index is 0.347. The molecule has 1 heterocycles. The fourth-order valence-electron chi connectivity index (χ4n) is 1.23. The lowest BCUT2D eigenvalue weighted by atomic mass is 10.3. The zero-order valence-electron chi connectivity index (χ0n) is 9.54. The van der Waals surface area contributed by atoms with Gasteiger partial charge < -0.3 is 20.3 Å². The maximum atomic E-state index is 10.5. The minimum Gasteiger partial charge on any atom is -0.508 e. The van der Waals surface area contributed by atoms with E-state index >= 15 is 0 Å². The van der Waals surface area contributed by atoms with Crippen LogP contribution in [-0.4, -0.2) is 49.5 Å². The SMILES string of the molecule is C1COCCN1.O=S(=O)(O)c1cc(O)ccc1O. The molecule has 0 spiro atoms. The number of ether oxygens (including phenoxy) is 1. The van der Waals surface area contributed by atoms with Gasteiger partial charge in [-0.25, -0.2) is 0 Å². The van der Waals surface area contributed by atoms with Crippen LogP contribution in [-0.2, 0) is 14.9 Å². The first kappa shape index (κ1) is 14.7. The van der Waals surface area contributed by atoms with Crippen LogP contribution < -0.4 is 5.32 Å². The summed E-state index contributed by atoms with van der Waals surface area (Å²) >= 11 is 0. The number of phenolic OH excluding ortho intramolecular Hbond substituents is 2. The Bertz CT molecular complexity index is 472. The van der Waals surface area contributed by atoms with Crippen LogP contribution in [0.15, 0.2) is 23.1 Å². The lowest BCUT2D eigenvalue weighted by Gasteiger charge is -2.10. The van der Waals surface area contributed by atoms with Crippen molar-refractivity contribution in [3.63, 3.8) is 0 Å². The summed E-state index contributed by atoms with van der Waals surface area (Å²) in [7, 11) is -4.47. The molecule has 0 bridgehead atoms. The number of aromatic hydroxyl groups is 2. The molecule has 1 aromatic carbocycles. The van der Waals surface area contributed by atoms with Crippen molar-refractivity contribution in [1.82, 2.24) is 5.32 Å². The van der Waals surface area contributed by atoms with Crippen LogP contribution >= 0.6 is 0 Å². The zero-order chi connectivity index (χ0) is 13.6. The summed E-state index contributed by atoms with van der Waals surface area (Å²) in [6.07, 6.45) is 0. The fraction of sp³-hybridized carbons (Fsp3) is 0.400. The number of nitrogens with one attached hydrogen (secondary N) is 1. The van der Waals surface area contributed by atoms with Gasteiger partial charge in [0.15, 0.2) is 0 Å². The molecule has 4 N–H and O–H groups in total. The van der Waals surface area contributed by atoms with Gasteiger partial charge in [-0.1, -0.05) is 0 Å². The lowest BCUT2D eigenvalue weighted by molar-refractivity contribution is 0.109. The standard InChI is InChI=1S/C6H6O5S.C4H9NO/c7-4-1-2-5(8)6(3-4)12(9,10)11;1-3-6-4-2-5-1/h1-3,7-8H,(H,9,10,11);5H,1-4H2. The van der Waals surface area contributed by atoms with E-state index in [1.165, 1.54) is 0 Å². The van der Waals surface area contributed by atoms with Gasteiger partial charge in [0.1, 0.15) is 16.4 Å². The van der Waals surface area contributed by atoms with Crippen LogP contribution in [0, 0.1) is 0 Å². The second-order valence-electron chi connectivity index (χ2n) is 3.49. The van der Waals surface area contributed by atoms with Gasteiger partial charge in [-0.05, 0) is 12.1 Å². The van der Waals surface area contributed by atoms with Crippen molar-refractivity contribution < 1.29 is 27.9 Å². The first-order chi connectivity index (χ1) is 8.41. The molecule has 1 aliphatic rings. The number of rotatable bonds is 1. The molecule has 18 heavy (non-hydrogen) atoms. The molecule has 2 rings (SSSR count). The quantitative estimate of drug-likeness (QED) is 0.420. The Morgan fingerprint density at radius 3 is 2.11 bits per heavy atom. The zero-order valence-corrected chi connectivity index (χ0v) is 10.4. The summed E-state index contributed by atoms with van der Waals surface area (Å²) in [4.78, 5) is -0.706. The maximum Gasteiger partial charge on any atom is 0.298 e. The Hall–Kier alpha value is -1.35. The van der Waals surface area contributed by atoms with Crippen molar-refractivity contribution in [2.24, 2.45) is 0 Å². The monoisotopic (exact) mass is 277 g/mol. The van der Waals surface area contributed by atoms with Crippen LogP contribution in [0.25, 0.3) is 0 Å². The third kappa shape index (κ3) is 4.88. The van der Waals surface area contributed by atoms with Crippen LogP contribution in [0.3, 0.4) is 0 Å². The molecule has 0 saturated carbocycles. The molecule has 1 aromatic rings. The van der Waals surface area contributed by atoms with Crippen molar-refractivity contribution in [3.05, 3.63) is 18.2 Å². The van der Waals surface area contributed by atoms with E-state index in [0.29, 0.717) is 0 Å². The van der Waals surface area contributed by atoms with E-state index in [-0.39, 0.29) is 5.75 Å². The van der Waals surface area contributed by atoms with Crippen LogP contribution in [0.5, 0.6) is 11.5 Å². The van der Waals surface area contributed by atoms with Crippen LogP contribution in [0.4, 0.5) is 0 Å². The van der Waals surface area contributed by atoms with E-state index in [9.17, 15) is 8.42 Å². The summed E-state index contributed by atoms with van der Waals surface area (Å²) in [6.45, 7) is 3.83. The molecular weight excluding hydrogens is 262 g/mol. The number of morpholine rings is 1. The maximum absolute atomic E-state index is 10.5. The predicted octanol–water partition coefficient (Wildman–Crippen LogP) is -0.0493. The highest BCUT2D eigenvalue weighted by atomic mass is 32.2. The van der Waals surface area contributed by atoms with E-state index in [4.69, 9.17) is 19.5 Å². The fourth-order valence-corrected chi connectivity index (χ4v) is 1.83. The van der Waals surface area contributed by atoms with Gasteiger partial charge in [-0.2, -0.15) is 8.42 Å². The van der Waals surface area contributed by atoms with Crippen molar-refractivity contribution in [2.45, 2.75) is 4.90 Å². The molecule has 8 heteroatoms. The van der Waals surface area contributed by atoms with Crippen molar-refractivity contribution in [1.29, 1.82) is 0 Å². The summed E-state index contributed by atoms with van der Waals surface area (Å²) in [6, 6.07) is 2.83. The Morgan fingerprint density at radius 1 is 1.17 bits per heavy atom. The molecule has 7 nitrogen and oxygen atoms in total. The number of benzene rings is 1. The summed E-state index contributed by atoms with van der Waals surface area (Å²) in [5.74, 6) is -0.948. The first-order valence-corrected chi connectivity index (χ1v) is 6.63. The van der Waals surface area contributed by atoms with Gasteiger partial charge in [0, 0.05) is 19.2 Å². The van der Waals surface area contributed by atoms with Crippen molar-refractivity contribution in [2.75, 3.05) is 26.3 Å². The van der Waals surface area contributed by atoms with Crippen molar-refractivity contribution >= 4 is 10.1 Å². The minimum atomic E-state index is -4.47. The lowest BCUT2D eigenvalue weighted by Crippen LogP contribution is -2.30. The Kier molecular flexibility index (Phi) is 5.35. The average molecular weight is 277 g/mol. The van der Waals surface area contributed by atoms with E-state index in [1.807, 2.05) is 0 Å². The van der Waals surface area contributed by atoms with Crippen LogP contribution in [0.2, 0.25) is 0 Å².